The average Bonchev–Trinajstić information content (AvgIpc) is 2.53. The molecule has 1 N–H and O–H groups in total. The van der Waals surface area contributed by atoms with Crippen molar-refractivity contribution in [2.45, 2.75) is 12.4 Å². The van der Waals surface area contributed by atoms with Crippen molar-refractivity contribution in [3.63, 3.8) is 0 Å². The normalized spacial score (nSPS) is 11.7. The lowest BCUT2D eigenvalue weighted by Crippen LogP contribution is -2.15. The first-order chi connectivity index (χ1) is 11.5. The van der Waals surface area contributed by atoms with Crippen LogP contribution in [0.4, 0.5) is 32.0 Å². The molecule has 0 fully saturated rings. The van der Waals surface area contributed by atoms with Crippen molar-refractivity contribution in [2.75, 3.05) is 5.32 Å². The van der Waals surface area contributed by atoms with E-state index in [2.05, 4.69) is 0 Å². The van der Waals surface area contributed by atoms with Crippen molar-refractivity contribution in [3.05, 3.63) is 64.7 Å². The predicted octanol–water partition coefficient (Wildman–Crippen LogP) is 4.85. The van der Waals surface area contributed by atoms with Gasteiger partial charge in [-0.1, -0.05) is 0 Å². The Bertz CT molecular complexity index is 799. The van der Waals surface area contributed by atoms with Gasteiger partial charge < -0.3 is 5.32 Å². The molecule has 0 aliphatic heterocycles. The smallest absolute Gasteiger partial charge is 0.322 e. The van der Waals surface area contributed by atoms with Gasteiger partial charge in [-0.05, 0) is 42.5 Å². The van der Waals surface area contributed by atoms with Gasteiger partial charge in [0.1, 0.15) is 0 Å². The van der Waals surface area contributed by atoms with Gasteiger partial charge in [-0.25, -0.2) is 0 Å². The number of carbonyl (C=O) groups is 1. The van der Waals surface area contributed by atoms with Crippen LogP contribution >= 0.6 is 0 Å². The molecule has 0 radical (unpaired) electrons. The number of nitrogens with one attached hydrogen (secondary N) is 1. The lowest BCUT2D eigenvalue weighted by Gasteiger charge is -2.14. The molecule has 0 aromatic heterocycles. The van der Waals surface area contributed by atoms with E-state index in [-0.39, 0.29) is 17.2 Å². The summed E-state index contributed by atoms with van der Waals surface area (Å²) in [4.78, 5) is 12.0. The monoisotopic (exact) mass is 358 g/mol. The van der Waals surface area contributed by atoms with E-state index in [0.717, 1.165) is 0 Å². The minimum absolute atomic E-state index is 0.0232. The summed E-state index contributed by atoms with van der Waals surface area (Å²) in [5.41, 5.74) is -3.48. The molecular formula is C16H8F6N2O. The number of carbonyl (C=O) groups excluding carboxylic acids is 1. The number of anilines is 1. The Kier molecular flexibility index (Phi) is 4.74. The number of alkyl halides is 6. The average molecular weight is 358 g/mol. The van der Waals surface area contributed by atoms with Crippen LogP contribution in [-0.2, 0) is 12.4 Å². The molecule has 0 spiro atoms. The van der Waals surface area contributed by atoms with E-state index >= 15 is 0 Å². The van der Waals surface area contributed by atoms with Gasteiger partial charge in [-0.2, -0.15) is 31.6 Å². The number of amides is 1. The molecule has 0 atom stereocenters. The summed E-state index contributed by atoms with van der Waals surface area (Å²) < 4.78 is 76.6. The first-order valence-corrected chi connectivity index (χ1v) is 6.62. The van der Waals surface area contributed by atoms with Gasteiger partial charge in [-0.15, -0.1) is 0 Å². The number of benzene rings is 2. The summed E-state index contributed by atoms with van der Waals surface area (Å²) in [6.45, 7) is 0. The van der Waals surface area contributed by atoms with Crippen LogP contribution in [0.5, 0.6) is 0 Å². The topological polar surface area (TPSA) is 52.9 Å². The van der Waals surface area contributed by atoms with Gasteiger partial charge in [0.05, 0.1) is 22.8 Å². The van der Waals surface area contributed by atoms with Crippen LogP contribution in [0.3, 0.4) is 0 Å². The largest absolute Gasteiger partial charge is 0.416 e. The van der Waals surface area contributed by atoms with E-state index in [0.29, 0.717) is 12.1 Å². The Morgan fingerprint density at radius 3 is 1.76 bits per heavy atom. The summed E-state index contributed by atoms with van der Waals surface area (Å²) in [6, 6.07) is 7.65. The second kappa shape index (κ2) is 6.47. The highest BCUT2D eigenvalue weighted by molar-refractivity contribution is 6.04. The Hall–Kier alpha value is -3.02. The SMILES string of the molecule is N#Cc1ccc(C(=O)Nc2cc(C(F)(F)F)cc(C(F)(F)F)c2)cc1. The third-order valence-corrected chi connectivity index (χ3v) is 3.12. The molecular weight excluding hydrogens is 350 g/mol. The Labute approximate surface area is 137 Å². The van der Waals surface area contributed by atoms with Crippen molar-refractivity contribution in [1.82, 2.24) is 0 Å². The van der Waals surface area contributed by atoms with Crippen LogP contribution in [0.15, 0.2) is 42.5 Å². The molecule has 25 heavy (non-hydrogen) atoms. The van der Waals surface area contributed by atoms with Crippen molar-refractivity contribution in [2.24, 2.45) is 0 Å². The highest BCUT2D eigenvalue weighted by Gasteiger charge is 2.37. The van der Waals surface area contributed by atoms with Gasteiger partial charge >= 0.3 is 12.4 Å². The number of nitrogens with zero attached hydrogens (tertiary/aromatic N) is 1. The number of hydrogen-bond donors (Lipinski definition) is 1. The molecule has 0 saturated heterocycles. The third-order valence-electron chi connectivity index (χ3n) is 3.12. The molecule has 2 aromatic carbocycles. The fraction of sp³-hybridized carbons (Fsp3) is 0.125. The lowest BCUT2D eigenvalue weighted by molar-refractivity contribution is -0.143. The second-order valence-electron chi connectivity index (χ2n) is 4.94. The van der Waals surface area contributed by atoms with Gasteiger partial charge in [0.2, 0.25) is 0 Å². The maximum Gasteiger partial charge on any atom is 0.416 e. The highest BCUT2D eigenvalue weighted by atomic mass is 19.4. The molecule has 0 bridgehead atoms. The van der Waals surface area contributed by atoms with Crippen LogP contribution in [0.1, 0.15) is 27.0 Å². The number of rotatable bonds is 2. The maximum atomic E-state index is 12.8. The molecule has 0 aliphatic carbocycles. The van der Waals surface area contributed by atoms with E-state index in [1.165, 1.54) is 24.3 Å². The zero-order valence-corrected chi connectivity index (χ0v) is 12.2. The van der Waals surface area contributed by atoms with Crippen LogP contribution in [0.2, 0.25) is 0 Å². The molecule has 9 heteroatoms. The highest BCUT2D eigenvalue weighted by Crippen LogP contribution is 2.37. The molecule has 2 rings (SSSR count). The van der Waals surface area contributed by atoms with E-state index in [4.69, 9.17) is 5.26 Å². The molecule has 1 amide bonds. The first kappa shape index (κ1) is 18.3. The number of nitriles is 1. The van der Waals surface area contributed by atoms with Gasteiger partial charge in [0.25, 0.3) is 5.91 Å². The fourth-order valence-electron chi connectivity index (χ4n) is 1.93. The third kappa shape index (κ3) is 4.50. The van der Waals surface area contributed by atoms with E-state index in [1.807, 2.05) is 11.4 Å². The zero-order chi connectivity index (χ0) is 18.8. The standard InChI is InChI=1S/C16H8F6N2O/c17-15(18,19)11-5-12(16(20,21)22)7-13(6-11)24-14(25)10-3-1-9(8-23)2-4-10/h1-7H,(H,24,25). The molecule has 2 aromatic rings. The van der Waals surface area contributed by atoms with Gasteiger partial charge in [0, 0.05) is 11.3 Å². The predicted molar refractivity (Wildman–Crippen MR) is 75.6 cm³/mol. The maximum absolute atomic E-state index is 12.8. The van der Waals surface area contributed by atoms with Crippen LogP contribution in [-0.4, -0.2) is 5.91 Å². The second-order valence-corrected chi connectivity index (χ2v) is 4.94. The van der Waals surface area contributed by atoms with Crippen LogP contribution < -0.4 is 5.32 Å². The van der Waals surface area contributed by atoms with Gasteiger partial charge in [-0.3, -0.25) is 4.79 Å². The summed E-state index contributed by atoms with van der Waals surface area (Å²) >= 11 is 0. The Balaban J connectivity index is 2.37. The van der Waals surface area contributed by atoms with Crippen molar-refractivity contribution >= 4 is 11.6 Å². The first-order valence-electron chi connectivity index (χ1n) is 6.62. The van der Waals surface area contributed by atoms with Crippen molar-refractivity contribution in [1.29, 1.82) is 5.26 Å². The quantitative estimate of drug-likeness (QED) is 0.781. The minimum Gasteiger partial charge on any atom is -0.322 e. The van der Waals surface area contributed by atoms with E-state index < -0.39 is 35.1 Å². The molecule has 0 aliphatic rings. The number of hydrogen-bond acceptors (Lipinski definition) is 2. The lowest BCUT2D eigenvalue weighted by atomic mass is 10.1. The summed E-state index contributed by atoms with van der Waals surface area (Å²) in [5.74, 6) is -0.906. The minimum atomic E-state index is -5.00. The van der Waals surface area contributed by atoms with E-state index in [9.17, 15) is 31.1 Å². The van der Waals surface area contributed by atoms with Crippen molar-refractivity contribution < 1.29 is 31.1 Å². The molecule has 3 nitrogen and oxygen atoms in total. The van der Waals surface area contributed by atoms with Crippen molar-refractivity contribution in [3.8, 4) is 6.07 Å². The summed E-state index contributed by atoms with van der Waals surface area (Å²) in [5, 5.41) is 10.7. The van der Waals surface area contributed by atoms with E-state index in [1.54, 1.807) is 0 Å². The summed E-state index contributed by atoms with van der Waals surface area (Å²) in [7, 11) is 0. The summed E-state index contributed by atoms with van der Waals surface area (Å²) in [6.07, 6.45) is -10.0. The Morgan fingerprint density at radius 2 is 1.36 bits per heavy atom. The number of halogens is 6. The fourth-order valence-corrected chi connectivity index (χ4v) is 1.93. The molecule has 0 heterocycles. The Morgan fingerprint density at radius 1 is 0.880 bits per heavy atom. The molecule has 0 unspecified atom stereocenters. The van der Waals surface area contributed by atoms with Crippen LogP contribution in [0, 0.1) is 11.3 Å². The van der Waals surface area contributed by atoms with Crippen LogP contribution in [0.25, 0.3) is 0 Å². The zero-order valence-electron chi connectivity index (χ0n) is 12.2. The van der Waals surface area contributed by atoms with Gasteiger partial charge in [0.15, 0.2) is 0 Å². The molecule has 130 valence electrons. The molecule has 0 saturated carbocycles.